The fourth-order valence-corrected chi connectivity index (χ4v) is 1.77. The van der Waals surface area contributed by atoms with Crippen LogP contribution in [0.15, 0.2) is 24.3 Å². The van der Waals surface area contributed by atoms with Gasteiger partial charge in [-0.15, -0.1) is 0 Å². The molecule has 2 atom stereocenters. The monoisotopic (exact) mass is 192 g/mol. The highest BCUT2D eigenvalue weighted by molar-refractivity contribution is 5.71. The number of ether oxygens (including phenoxy) is 1. The molecule has 3 heteroatoms. The Hall–Kier alpha value is -1.51. The molecule has 2 rings (SSSR count). The van der Waals surface area contributed by atoms with Gasteiger partial charge in [-0.3, -0.25) is 4.79 Å². The fraction of sp³-hybridized carbons (Fsp3) is 0.364. The van der Waals surface area contributed by atoms with Gasteiger partial charge in [0.15, 0.2) is 0 Å². The smallest absolute Gasteiger partial charge is 0.306 e. The molecule has 1 aliphatic heterocycles. The lowest BCUT2D eigenvalue weighted by Gasteiger charge is -2.12. The van der Waals surface area contributed by atoms with Crippen molar-refractivity contribution in [2.45, 2.75) is 12.8 Å². The van der Waals surface area contributed by atoms with Gasteiger partial charge in [0.1, 0.15) is 5.75 Å². The Bertz CT molecular complexity index is 359. The Kier molecular flexibility index (Phi) is 2.15. The molecular formula is C11H12O3. The van der Waals surface area contributed by atoms with Gasteiger partial charge in [-0.2, -0.15) is 0 Å². The standard InChI is InChI=1S/C11H12O3/c1-7(11(12)13)9-6-14-10-5-3-2-4-8(9)10/h2-5,7,9H,6H2,1H3,(H,12,13)/t7-,9?/m0/s1. The highest BCUT2D eigenvalue weighted by Gasteiger charge is 2.32. The Morgan fingerprint density at radius 1 is 1.57 bits per heavy atom. The molecule has 0 aliphatic carbocycles. The number of carboxylic acid groups (broad SMARTS) is 1. The van der Waals surface area contributed by atoms with E-state index >= 15 is 0 Å². The second kappa shape index (κ2) is 3.33. The van der Waals surface area contributed by atoms with Gasteiger partial charge >= 0.3 is 5.97 Å². The zero-order chi connectivity index (χ0) is 10.1. The first-order valence-electron chi connectivity index (χ1n) is 4.64. The summed E-state index contributed by atoms with van der Waals surface area (Å²) in [5.74, 6) is -0.344. The molecule has 0 fully saturated rings. The van der Waals surface area contributed by atoms with Crippen molar-refractivity contribution >= 4 is 5.97 Å². The van der Waals surface area contributed by atoms with Gasteiger partial charge in [-0.1, -0.05) is 25.1 Å². The van der Waals surface area contributed by atoms with Gasteiger partial charge in [-0.05, 0) is 6.07 Å². The topological polar surface area (TPSA) is 46.5 Å². The largest absolute Gasteiger partial charge is 0.493 e. The SMILES string of the molecule is C[C@H](C(=O)O)C1COc2ccccc21. The minimum absolute atomic E-state index is 0.0105. The summed E-state index contributed by atoms with van der Waals surface area (Å²) in [6, 6.07) is 7.62. The lowest BCUT2D eigenvalue weighted by molar-refractivity contribution is -0.142. The third-order valence-electron chi connectivity index (χ3n) is 2.73. The molecule has 0 bridgehead atoms. The molecule has 0 saturated carbocycles. The molecule has 1 heterocycles. The van der Waals surface area contributed by atoms with Gasteiger partial charge in [0.05, 0.1) is 12.5 Å². The number of hydrogen-bond acceptors (Lipinski definition) is 2. The van der Waals surface area contributed by atoms with E-state index in [2.05, 4.69) is 0 Å². The molecule has 0 amide bonds. The molecule has 0 spiro atoms. The van der Waals surface area contributed by atoms with E-state index in [0.717, 1.165) is 11.3 Å². The predicted octanol–water partition coefficient (Wildman–Crippen LogP) is 1.88. The Labute approximate surface area is 82.3 Å². The van der Waals surface area contributed by atoms with Crippen molar-refractivity contribution in [3.8, 4) is 5.75 Å². The molecule has 14 heavy (non-hydrogen) atoms. The van der Waals surface area contributed by atoms with Gasteiger partial charge in [-0.25, -0.2) is 0 Å². The summed E-state index contributed by atoms with van der Waals surface area (Å²) in [6.45, 7) is 2.20. The zero-order valence-corrected chi connectivity index (χ0v) is 7.93. The summed E-state index contributed by atoms with van der Waals surface area (Å²) in [5.41, 5.74) is 1.02. The first kappa shape index (κ1) is 9.06. The van der Waals surface area contributed by atoms with E-state index in [0.29, 0.717) is 6.61 Å². The number of carboxylic acids is 1. The molecule has 1 aromatic carbocycles. The third kappa shape index (κ3) is 1.35. The van der Waals surface area contributed by atoms with E-state index in [1.54, 1.807) is 6.92 Å². The van der Waals surface area contributed by atoms with Crippen LogP contribution in [0.25, 0.3) is 0 Å². The van der Waals surface area contributed by atoms with Crippen molar-refractivity contribution in [3.63, 3.8) is 0 Å². The normalized spacial score (nSPS) is 21.1. The van der Waals surface area contributed by atoms with E-state index in [4.69, 9.17) is 9.84 Å². The number of rotatable bonds is 2. The van der Waals surface area contributed by atoms with E-state index in [-0.39, 0.29) is 5.92 Å². The maximum atomic E-state index is 10.8. The summed E-state index contributed by atoms with van der Waals surface area (Å²) >= 11 is 0. The Morgan fingerprint density at radius 3 is 3.00 bits per heavy atom. The van der Waals surface area contributed by atoms with Gasteiger partial charge in [0, 0.05) is 11.5 Å². The highest BCUT2D eigenvalue weighted by atomic mass is 16.5. The van der Waals surface area contributed by atoms with Crippen LogP contribution in [0.3, 0.4) is 0 Å². The molecule has 0 aromatic heterocycles. The average Bonchev–Trinajstić information content (AvgIpc) is 2.60. The predicted molar refractivity (Wildman–Crippen MR) is 51.5 cm³/mol. The highest BCUT2D eigenvalue weighted by Crippen LogP contribution is 2.37. The molecule has 1 aliphatic rings. The first-order valence-corrected chi connectivity index (χ1v) is 4.64. The van der Waals surface area contributed by atoms with Gasteiger partial charge in [0.25, 0.3) is 0 Å². The van der Waals surface area contributed by atoms with Crippen molar-refractivity contribution in [2.24, 2.45) is 5.92 Å². The van der Waals surface area contributed by atoms with E-state index in [1.165, 1.54) is 0 Å². The van der Waals surface area contributed by atoms with Crippen molar-refractivity contribution in [1.82, 2.24) is 0 Å². The second-order valence-corrected chi connectivity index (χ2v) is 3.58. The van der Waals surface area contributed by atoms with E-state index in [9.17, 15) is 4.79 Å². The first-order chi connectivity index (χ1) is 6.70. The second-order valence-electron chi connectivity index (χ2n) is 3.58. The summed E-state index contributed by atoms with van der Waals surface area (Å²) in [7, 11) is 0. The van der Waals surface area contributed by atoms with Crippen LogP contribution >= 0.6 is 0 Å². The van der Waals surface area contributed by atoms with Crippen LogP contribution in [0.4, 0.5) is 0 Å². The summed E-state index contributed by atoms with van der Waals surface area (Å²) in [6.07, 6.45) is 0. The van der Waals surface area contributed by atoms with Crippen molar-refractivity contribution in [2.75, 3.05) is 6.61 Å². The molecule has 74 valence electrons. The van der Waals surface area contributed by atoms with Crippen molar-refractivity contribution < 1.29 is 14.6 Å². The number of aliphatic carboxylic acids is 1. The van der Waals surface area contributed by atoms with Gasteiger partial charge < -0.3 is 9.84 Å². The van der Waals surface area contributed by atoms with Crippen LogP contribution in [0.2, 0.25) is 0 Å². The molecule has 3 nitrogen and oxygen atoms in total. The van der Waals surface area contributed by atoms with Crippen LogP contribution in [0.5, 0.6) is 5.75 Å². The van der Waals surface area contributed by atoms with Crippen LogP contribution < -0.4 is 4.74 Å². The minimum atomic E-state index is -0.768. The molecule has 0 saturated heterocycles. The lowest BCUT2D eigenvalue weighted by Crippen LogP contribution is -2.19. The Balaban J connectivity index is 2.30. The van der Waals surface area contributed by atoms with Crippen molar-refractivity contribution in [3.05, 3.63) is 29.8 Å². The third-order valence-corrected chi connectivity index (χ3v) is 2.73. The van der Waals surface area contributed by atoms with Crippen LogP contribution in [0.1, 0.15) is 18.4 Å². The Morgan fingerprint density at radius 2 is 2.29 bits per heavy atom. The number of hydrogen-bond donors (Lipinski definition) is 1. The summed E-state index contributed by atoms with van der Waals surface area (Å²) < 4.78 is 5.42. The number of carbonyl (C=O) groups is 1. The maximum Gasteiger partial charge on any atom is 0.306 e. The molecule has 1 aromatic rings. The van der Waals surface area contributed by atoms with Gasteiger partial charge in [0.2, 0.25) is 0 Å². The maximum absolute atomic E-state index is 10.8. The van der Waals surface area contributed by atoms with E-state index in [1.807, 2.05) is 24.3 Å². The molecule has 1 N–H and O–H groups in total. The zero-order valence-electron chi connectivity index (χ0n) is 7.93. The summed E-state index contributed by atoms with van der Waals surface area (Å²) in [5, 5.41) is 8.91. The lowest BCUT2D eigenvalue weighted by atomic mass is 9.89. The fourth-order valence-electron chi connectivity index (χ4n) is 1.77. The molecule has 1 unspecified atom stereocenters. The minimum Gasteiger partial charge on any atom is -0.493 e. The molecule has 0 radical (unpaired) electrons. The van der Waals surface area contributed by atoms with E-state index < -0.39 is 11.9 Å². The quantitative estimate of drug-likeness (QED) is 0.778. The number of benzene rings is 1. The number of fused-ring (bicyclic) bond motifs is 1. The van der Waals surface area contributed by atoms with Crippen LogP contribution in [-0.2, 0) is 4.79 Å². The van der Waals surface area contributed by atoms with Crippen LogP contribution in [0, 0.1) is 5.92 Å². The van der Waals surface area contributed by atoms with Crippen LogP contribution in [-0.4, -0.2) is 17.7 Å². The molecular weight excluding hydrogens is 180 g/mol. The van der Waals surface area contributed by atoms with Crippen molar-refractivity contribution in [1.29, 1.82) is 0 Å². The average molecular weight is 192 g/mol. The summed E-state index contributed by atoms with van der Waals surface area (Å²) in [4.78, 5) is 10.8. The number of para-hydroxylation sites is 1.